The summed E-state index contributed by atoms with van der Waals surface area (Å²) in [5.41, 5.74) is 1.42. The van der Waals surface area contributed by atoms with E-state index in [1.165, 1.54) is 12.0 Å². The van der Waals surface area contributed by atoms with Crippen molar-refractivity contribution in [2.45, 2.75) is 38.9 Å². The normalized spacial score (nSPS) is 27.6. The van der Waals surface area contributed by atoms with Crippen LogP contribution in [0.4, 0.5) is 0 Å². The Kier molecular flexibility index (Phi) is 3.97. The molecule has 0 bridgehead atoms. The molecule has 0 aromatic heterocycles. The van der Waals surface area contributed by atoms with Gasteiger partial charge in [0.1, 0.15) is 0 Å². The van der Waals surface area contributed by atoms with Crippen LogP contribution >= 0.6 is 0 Å². The quantitative estimate of drug-likeness (QED) is 0.819. The zero-order chi connectivity index (χ0) is 11.4. The highest BCUT2D eigenvalue weighted by atomic mass is 15.2. The molecule has 1 aliphatic rings. The molecule has 1 aliphatic heterocycles. The lowest BCUT2D eigenvalue weighted by Crippen LogP contribution is -2.37. The third kappa shape index (κ3) is 3.06. The van der Waals surface area contributed by atoms with Crippen molar-refractivity contribution < 1.29 is 0 Å². The summed E-state index contributed by atoms with van der Waals surface area (Å²) >= 11 is 0. The van der Waals surface area contributed by atoms with E-state index in [4.69, 9.17) is 0 Å². The topological polar surface area (TPSA) is 15.3 Å². The van der Waals surface area contributed by atoms with Crippen LogP contribution in [0.5, 0.6) is 0 Å². The van der Waals surface area contributed by atoms with Crippen molar-refractivity contribution >= 4 is 0 Å². The lowest BCUT2D eigenvalue weighted by molar-refractivity contribution is 0.199. The van der Waals surface area contributed by atoms with Crippen LogP contribution in [-0.4, -0.2) is 30.1 Å². The number of nitrogens with zero attached hydrogens (tertiary/aromatic N) is 1. The number of rotatable bonds is 2. The maximum Gasteiger partial charge on any atom is 0.0237 e. The maximum absolute atomic E-state index is 3.55. The van der Waals surface area contributed by atoms with Crippen molar-refractivity contribution in [3.8, 4) is 0 Å². The molecule has 1 aromatic rings. The molecule has 0 amide bonds. The summed E-state index contributed by atoms with van der Waals surface area (Å²) in [5, 5.41) is 3.55. The SMILES string of the molecule is C[C@@H]1CCN[C@@H](C)CN1Cc1ccccc1. The highest BCUT2D eigenvalue weighted by Crippen LogP contribution is 2.13. The Hall–Kier alpha value is -0.860. The summed E-state index contributed by atoms with van der Waals surface area (Å²) in [7, 11) is 0. The van der Waals surface area contributed by atoms with Gasteiger partial charge in [0.25, 0.3) is 0 Å². The fourth-order valence-electron chi connectivity index (χ4n) is 2.36. The molecule has 2 heteroatoms. The second kappa shape index (κ2) is 5.46. The standard InChI is InChI=1S/C14H22N2/c1-12-10-16(13(2)8-9-15-12)11-14-6-4-3-5-7-14/h3-7,12-13,15H,8-11H2,1-2H3/t12-,13+/m0/s1. The number of hydrogen-bond donors (Lipinski definition) is 1. The van der Waals surface area contributed by atoms with Gasteiger partial charge in [0.05, 0.1) is 0 Å². The average molecular weight is 218 g/mol. The molecule has 1 fully saturated rings. The van der Waals surface area contributed by atoms with E-state index in [0.717, 1.165) is 19.6 Å². The highest BCUT2D eigenvalue weighted by molar-refractivity contribution is 5.14. The van der Waals surface area contributed by atoms with E-state index in [0.29, 0.717) is 12.1 Å². The molecule has 1 heterocycles. The van der Waals surface area contributed by atoms with Gasteiger partial charge < -0.3 is 5.32 Å². The molecule has 0 saturated carbocycles. The van der Waals surface area contributed by atoms with Gasteiger partial charge in [0, 0.05) is 25.2 Å². The first-order valence-electron chi connectivity index (χ1n) is 6.27. The molecule has 1 saturated heterocycles. The largest absolute Gasteiger partial charge is 0.313 e. The smallest absolute Gasteiger partial charge is 0.0237 e. The number of nitrogens with one attached hydrogen (secondary N) is 1. The molecule has 0 unspecified atom stereocenters. The Bertz CT molecular complexity index is 310. The minimum atomic E-state index is 0.605. The third-order valence-corrected chi connectivity index (χ3v) is 3.42. The van der Waals surface area contributed by atoms with Crippen LogP contribution in [0.15, 0.2) is 30.3 Å². The second-order valence-electron chi connectivity index (χ2n) is 4.91. The molecule has 0 spiro atoms. The number of hydrogen-bond acceptors (Lipinski definition) is 2. The van der Waals surface area contributed by atoms with Crippen molar-refractivity contribution in [3.63, 3.8) is 0 Å². The van der Waals surface area contributed by atoms with Gasteiger partial charge in [-0.15, -0.1) is 0 Å². The molecule has 2 atom stereocenters. The van der Waals surface area contributed by atoms with Gasteiger partial charge in [-0.2, -0.15) is 0 Å². The van der Waals surface area contributed by atoms with E-state index in [9.17, 15) is 0 Å². The molecule has 88 valence electrons. The minimum absolute atomic E-state index is 0.605. The molecular formula is C14H22N2. The van der Waals surface area contributed by atoms with Crippen LogP contribution in [0.25, 0.3) is 0 Å². The molecule has 0 radical (unpaired) electrons. The first kappa shape index (κ1) is 11.6. The summed E-state index contributed by atoms with van der Waals surface area (Å²) < 4.78 is 0. The Morgan fingerprint density at radius 1 is 1.25 bits per heavy atom. The van der Waals surface area contributed by atoms with Crippen LogP contribution in [0.2, 0.25) is 0 Å². The maximum atomic E-state index is 3.55. The summed E-state index contributed by atoms with van der Waals surface area (Å²) in [4.78, 5) is 2.58. The highest BCUT2D eigenvalue weighted by Gasteiger charge is 2.20. The summed E-state index contributed by atoms with van der Waals surface area (Å²) in [6, 6.07) is 12.1. The van der Waals surface area contributed by atoms with Crippen LogP contribution in [0.1, 0.15) is 25.8 Å². The molecule has 2 rings (SSSR count). The summed E-state index contributed by atoms with van der Waals surface area (Å²) in [6.45, 7) is 7.98. The fourth-order valence-corrected chi connectivity index (χ4v) is 2.36. The predicted octanol–water partition coefficient (Wildman–Crippen LogP) is 2.26. The van der Waals surface area contributed by atoms with Gasteiger partial charge in [0.15, 0.2) is 0 Å². The van der Waals surface area contributed by atoms with Crippen LogP contribution < -0.4 is 5.32 Å². The van der Waals surface area contributed by atoms with Crippen molar-refractivity contribution in [3.05, 3.63) is 35.9 Å². The van der Waals surface area contributed by atoms with E-state index in [1.807, 2.05) is 0 Å². The van der Waals surface area contributed by atoms with Gasteiger partial charge in [-0.1, -0.05) is 30.3 Å². The Balaban J connectivity index is 2.01. The Labute approximate surface area is 98.7 Å². The zero-order valence-electron chi connectivity index (χ0n) is 10.3. The second-order valence-corrected chi connectivity index (χ2v) is 4.91. The fraction of sp³-hybridized carbons (Fsp3) is 0.571. The molecular weight excluding hydrogens is 196 g/mol. The van der Waals surface area contributed by atoms with Crippen molar-refractivity contribution in [1.82, 2.24) is 10.2 Å². The average Bonchev–Trinajstić information content (AvgIpc) is 2.43. The molecule has 1 aromatic carbocycles. The first-order valence-corrected chi connectivity index (χ1v) is 6.27. The van der Waals surface area contributed by atoms with Crippen LogP contribution in [-0.2, 0) is 6.54 Å². The predicted molar refractivity (Wildman–Crippen MR) is 68.4 cm³/mol. The monoisotopic (exact) mass is 218 g/mol. The van der Waals surface area contributed by atoms with Gasteiger partial charge in [-0.25, -0.2) is 0 Å². The van der Waals surface area contributed by atoms with Crippen molar-refractivity contribution in [1.29, 1.82) is 0 Å². The van der Waals surface area contributed by atoms with Crippen molar-refractivity contribution in [2.24, 2.45) is 0 Å². The lowest BCUT2D eigenvalue weighted by Gasteiger charge is -2.28. The van der Waals surface area contributed by atoms with Gasteiger partial charge in [-0.3, -0.25) is 4.90 Å². The first-order chi connectivity index (χ1) is 7.75. The van der Waals surface area contributed by atoms with Crippen molar-refractivity contribution in [2.75, 3.05) is 13.1 Å². The molecule has 1 N–H and O–H groups in total. The molecule has 0 aliphatic carbocycles. The van der Waals surface area contributed by atoms with E-state index in [-0.39, 0.29) is 0 Å². The van der Waals surface area contributed by atoms with Gasteiger partial charge >= 0.3 is 0 Å². The molecule has 2 nitrogen and oxygen atoms in total. The van der Waals surface area contributed by atoms with E-state index >= 15 is 0 Å². The van der Waals surface area contributed by atoms with Crippen LogP contribution in [0, 0.1) is 0 Å². The number of benzene rings is 1. The Morgan fingerprint density at radius 2 is 2.00 bits per heavy atom. The zero-order valence-corrected chi connectivity index (χ0v) is 10.3. The summed E-state index contributed by atoms with van der Waals surface area (Å²) in [5.74, 6) is 0. The van der Waals surface area contributed by atoms with E-state index in [2.05, 4.69) is 54.4 Å². The van der Waals surface area contributed by atoms with Gasteiger partial charge in [0.2, 0.25) is 0 Å². The van der Waals surface area contributed by atoms with Gasteiger partial charge in [-0.05, 0) is 32.4 Å². The van der Waals surface area contributed by atoms with E-state index < -0.39 is 0 Å². The Morgan fingerprint density at radius 3 is 2.75 bits per heavy atom. The summed E-state index contributed by atoms with van der Waals surface area (Å²) in [6.07, 6.45) is 1.25. The molecule has 16 heavy (non-hydrogen) atoms. The lowest BCUT2D eigenvalue weighted by atomic mass is 10.1. The van der Waals surface area contributed by atoms with E-state index in [1.54, 1.807) is 0 Å². The third-order valence-electron chi connectivity index (χ3n) is 3.42. The van der Waals surface area contributed by atoms with Crippen LogP contribution in [0.3, 0.4) is 0 Å². The minimum Gasteiger partial charge on any atom is -0.313 e.